The summed E-state index contributed by atoms with van der Waals surface area (Å²) < 4.78 is 7.53. The summed E-state index contributed by atoms with van der Waals surface area (Å²) in [5, 5.41) is 31.1. The summed E-state index contributed by atoms with van der Waals surface area (Å²) >= 11 is 0. The van der Waals surface area contributed by atoms with E-state index < -0.39 is 16.8 Å². The SMILES string of the molecule is CC(=O)O.COc1cc(-c2nn(C3CCNCC3)c3ncnc(N)c23)ccc1NC(=O)c1cc2cccc([N+](=O)[O-])c2[nH]1. The number of nitro benzene ring substituents is 1. The molecule has 0 unspecified atom stereocenters. The first-order valence-corrected chi connectivity index (χ1v) is 13.3. The van der Waals surface area contributed by atoms with Crippen LogP contribution < -0.4 is 21.1 Å². The van der Waals surface area contributed by atoms with Crippen molar-refractivity contribution in [2.45, 2.75) is 25.8 Å². The van der Waals surface area contributed by atoms with Crippen molar-refractivity contribution < 1.29 is 24.4 Å². The Labute approximate surface area is 244 Å². The Balaban J connectivity index is 0.000000868. The maximum absolute atomic E-state index is 13.1. The predicted octanol–water partition coefficient (Wildman–Crippen LogP) is 3.74. The number of ether oxygens (including phenoxy) is 1. The quantitative estimate of drug-likeness (QED) is 0.142. The summed E-state index contributed by atoms with van der Waals surface area (Å²) in [5.74, 6) is -0.563. The number of fused-ring (bicyclic) bond motifs is 2. The molecule has 1 fully saturated rings. The van der Waals surface area contributed by atoms with Crippen molar-refractivity contribution >= 4 is 51.0 Å². The van der Waals surface area contributed by atoms with Crippen molar-refractivity contribution in [2.75, 3.05) is 31.2 Å². The van der Waals surface area contributed by atoms with Gasteiger partial charge in [0.1, 0.15) is 34.8 Å². The standard InChI is InChI=1S/C26H25N9O4.C2H4O2/c1-39-20-12-15(23-21-24(27)29-13-30-25(21)34(33-23)16-7-9-28-10-8-16)5-6-17(20)32-26(36)18-11-14-3-2-4-19(35(37)38)22(14)31-18;1-2(3)4/h2-6,11-13,16,28,31H,7-10H2,1H3,(H,32,36)(H2,27,29,30);1H3,(H,3,4). The van der Waals surface area contributed by atoms with Crippen LogP contribution in [0.4, 0.5) is 17.2 Å². The average molecular weight is 588 g/mol. The van der Waals surface area contributed by atoms with Crippen molar-refractivity contribution in [3.63, 3.8) is 0 Å². The van der Waals surface area contributed by atoms with Gasteiger partial charge in [-0.05, 0) is 44.1 Å². The zero-order valence-electron chi connectivity index (χ0n) is 23.3. The number of carbonyl (C=O) groups is 2. The number of nitrogens with one attached hydrogen (secondary N) is 3. The molecular formula is C28H29N9O6. The fraction of sp³-hybridized carbons (Fsp3) is 0.250. The van der Waals surface area contributed by atoms with E-state index in [0.29, 0.717) is 39.4 Å². The van der Waals surface area contributed by atoms with E-state index >= 15 is 0 Å². The summed E-state index contributed by atoms with van der Waals surface area (Å²) in [6.07, 6.45) is 3.29. The number of nitrogens with two attached hydrogens (primary N) is 1. The van der Waals surface area contributed by atoms with Gasteiger partial charge in [-0.1, -0.05) is 18.2 Å². The highest BCUT2D eigenvalue weighted by atomic mass is 16.6. The van der Waals surface area contributed by atoms with Crippen LogP contribution in [0.3, 0.4) is 0 Å². The van der Waals surface area contributed by atoms with Crippen molar-refractivity contribution in [3.05, 3.63) is 64.6 Å². The maximum Gasteiger partial charge on any atom is 0.300 e. The number of hydrogen-bond acceptors (Lipinski definition) is 10. The average Bonchev–Trinajstić information content (AvgIpc) is 3.61. The zero-order valence-corrected chi connectivity index (χ0v) is 23.3. The second-order valence-corrected chi connectivity index (χ2v) is 9.80. The molecule has 0 bridgehead atoms. The molecule has 222 valence electrons. The number of carbonyl (C=O) groups excluding carboxylic acids is 1. The Morgan fingerprint density at radius 2 is 1.93 bits per heavy atom. The van der Waals surface area contributed by atoms with E-state index in [1.54, 1.807) is 30.3 Å². The third-order valence-corrected chi connectivity index (χ3v) is 6.97. The second kappa shape index (κ2) is 12.1. The molecule has 5 aromatic rings. The first kappa shape index (κ1) is 28.9. The number of hydrogen-bond donors (Lipinski definition) is 5. The van der Waals surface area contributed by atoms with Crippen LogP contribution in [0, 0.1) is 10.1 Å². The molecule has 0 saturated carbocycles. The molecule has 15 nitrogen and oxygen atoms in total. The Hall–Kier alpha value is -5.57. The van der Waals surface area contributed by atoms with E-state index in [9.17, 15) is 14.9 Å². The molecule has 1 aliphatic heterocycles. The van der Waals surface area contributed by atoms with Crippen LogP contribution in [0.15, 0.2) is 48.8 Å². The number of anilines is 2. The number of carboxylic acid groups (broad SMARTS) is 1. The minimum Gasteiger partial charge on any atom is -0.495 e. The molecule has 0 aliphatic carbocycles. The smallest absolute Gasteiger partial charge is 0.300 e. The topological polar surface area (TPSA) is 216 Å². The normalized spacial score (nSPS) is 13.3. The first-order valence-electron chi connectivity index (χ1n) is 13.3. The molecule has 2 aromatic carbocycles. The summed E-state index contributed by atoms with van der Waals surface area (Å²) in [5.41, 5.74) is 9.09. The van der Waals surface area contributed by atoms with Gasteiger partial charge in [0.25, 0.3) is 17.6 Å². The van der Waals surface area contributed by atoms with Crippen molar-refractivity contribution in [3.8, 4) is 17.0 Å². The fourth-order valence-electron chi connectivity index (χ4n) is 5.05. The molecule has 1 amide bonds. The van der Waals surface area contributed by atoms with Crippen molar-refractivity contribution in [1.82, 2.24) is 30.0 Å². The lowest BCUT2D eigenvalue weighted by Gasteiger charge is -2.23. The lowest BCUT2D eigenvalue weighted by molar-refractivity contribution is -0.383. The van der Waals surface area contributed by atoms with Gasteiger partial charge in [-0.25, -0.2) is 14.6 Å². The molecule has 6 N–H and O–H groups in total. The number of aromatic nitrogens is 5. The van der Waals surface area contributed by atoms with Crippen LogP contribution in [0.5, 0.6) is 5.75 Å². The van der Waals surface area contributed by atoms with Crippen molar-refractivity contribution in [2.24, 2.45) is 0 Å². The largest absolute Gasteiger partial charge is 0.495 e. The number of amides is 1. The molecule has 1 saturated heterocycles. The minimum absolute atomic E-state index is 0.104. The van der Waals surface area contributed by atoms with Crippen LogP contribution in [0.2, 0.25) is 0 Å². The molecule has 43 heavy (non-hydrogen) atoms. The number of aliphatic carboxylic acids is 1. The summed E-state index contributed by atoms with van der Waals surface area (Å²) in [7, 11) is 1.50. The van der Waals surface area contributed by atoms with Gasteiger partial charge in [-0.3, -0.25) is 19.7 Å². The maximum atomic E-state index is 13.1. The number of piperidine rings is 1. The van der Waals surface area contributed by atoms with E-state index in [1.165, 1.54) is 19.5 Å². The Morgan fingerprint density at radius 3 is 2.63 bits per heavy atom. The van der Waals surface area contributed by atoms with Crippen LogP contribution in [-0.2, 0) is 4.79 Å². The van der Waals surface area contributed by atoms with E-state index in [-0.39, 0.29) is 22.9 Å². The molecule has 4 heterocycles. The number of methoxy groups -OCH3 is 1. The minimum atomic E-state index is -0.833. The number of para-hydroxylation sites is 1. The molecule has 6 rings (SSSR count). The third-order valence-electron chi connectivity index (χ3n) is 6.97. The summed E-state index contributed by atoms with van der Waals surface area (Å²) in [4.78, 5) is 44.5. The van der Waals surface area contributed by atoms with E-state index in [4.69, 9.17) is 25.5 Å². The van der Waals surface area contributed by atoms with E-state index in [2.05, 4.69) is 25.6 Å². The number of aromatic amines is 1. The number of carboxylic acids is 1. The highest BCUT2D eigenvalue weighted by Gasteiger charge is 2.24. The molecule has 0 atom stereocenters. The van der Waals surface area contributed by atoms with Crippen LogP contribution in [0.1, 0.15) is 36.3 Å². The summed E-state index contributed by atoms with van der Waals surface area (Å²) in [6, 6.07) is 11.7. The van der Waals surface area contributed by atoms with Gasteiger partial charge < -0.3 is 31.2 Å². The molecule has 1 aliphatic rings. The van der Waals surface area contributed by atoms with Gasteiger partial charge in [-0.15, -0.1) is 0 Å². The summed E-state index contributed by atoms with van der Waals surface area (Å²) in [6.45, 7) is 2.88. The Bertz CT molecular complexity index is 1840. The predicted molar refractivity (Wildman–Crippen MR) is 159 cm³/mol. The van der Waals surface area contributed by atoms with Gasteiger partial charge in [-0.2, -0.15) is 5.10 Å². The second-order valence-electron chi connectivity index (χ2n) is 9.80. The number of non-ortho nitro benzene ring substituents is 1. The zero-order chi connectivity index (χ0) is 30.7. The number of nitrogens with zero attached hydrogens (tertiary/aromatic N) is 5. The monoisotopic (exact) mass is 587 g/mol. The number of rotatable bonds is 6. The van der Waals surface area contributed by atoms with Gasteiger partial charge in [0, 0.05) is 23.9 Å². The van der Waals surface area contributed by atoms with Crippen molar-refractivity contribution in [1.29, 1.82) is 0 Å². The van der Waals surface area contributed by atoms with Crippen LogP contribution >= 0.6 is 0 Å². The number of nitro groups is 1. The molecule has 15 heteroatoms. The Kier molecular flexibility index (Phi) is 8.16. The van der Waals surface area contributed by atoms with Gasteiger partial charge in [0.2, 0.25) is 0 Å². The van der Waals surface area contributed by atoms with Gasteiger partial charge in [0.05, 0.1) is 29.1 Å². The highest BCUT2D eigenvalue weighted by Crippen LogP contribution is 2.37. The third kappa shape index (κ3) is 5.92. The number of H-pyrrole nitrogens is 1. The number of benzene rings is 2. The van der Waals surface area contributed by atoms with Gasteiger partial charge in [0.15, 0.2) is 5.65 Å². The van der Waals surface area contributed by atoms with E-state index in [0.717, 1.165) is 38.4 Å². The lowest BCUT2D eigenvalue weighted by Crippen LogP contribution is -2.30. The molecular weight excluding hydrogens is 558 g/mol. The van der Waals surface area contributed by atoms with Crippen LogP contribution in [-0.4, -0.2) is 66.8 Å². The Morgan fingerprint density at radius 1 is 1.19 bits per heavy atom. The first-order chi connectivity index (χ1) is 20.7. The van der Waals surface area contributed by atoms with Gasteiger partial charge >= 0.3 is 0 Å². The fourth-order valence-corrected chi connectivity index (χ4v) is 5.05. The molecule has 0 spiro atoms. The number of nitrogen functional groups attached to an aromatic ring is 1. The van der Waals surface area contributed by atoms with Crippen LogP contribution in [0.25, 0.3) is 33.2 Å². The van der Waals surface area contributed by atoms with E-state index in [1.807, 2.05) is 10.7 Å². The molecule has 0 radical (unpaired) electrons. The highest BCUT2D eigenvalue weighted by molar-refractivity contribution is 6.08. The molecule has 3 aromatic heterocycles. The lowest BCUT2D eigenvalue weighted by atomic mass is 10.1.